The number of nitrogens with zero attached hydrogens (tertiary/aromatic N) is 2. The smallest absolute Gasteiger partial charge is 0.221 e. The third-order valence-electron chi connectivity index (χ3n) is 1.98. The molecule has 0 saturated carbocycles. The van der Waals surface area contributed by atoms with E-state index in [1.165, 1.54) is 0 Å². The Morgan fingerprint density at radius 1 is 1.69 bits per heavy atom. The number of aromatic nitrogens is 2. The van der Waals surface area contributed by atoms with Crippen molar-refractivity contribution in [3.8, 4) is 0 Å². The van der Waals surface area contributed by atoms with Gasteiger partial charge >= 0.3 is 0 Å². The average molecular weight is 307 g/mol. The molecule has 0 aliphatic heterocycles. The van der Waals surface area contributed by atoms with Gasteiger partial charge in [-0.1, -0.05) is 0 Å². The fourth-order valence-corrected chi connectivity index (χ4v) is 2.12. The van der Waals surface area contributed by atoms with Crippen LogP contribution in [0.4, 0.5) is 11.8 Å². The SMILES string of the molecule is CC(CCS(C)=O)Nc1nc(N)ncc1Br. The number of hydrogen-bond donors (Lipinski definition) is 2. The lowest BCUT2D eigenvalue weighted by Crippen LogP contribution is -2.19. The summed E-state index contributed by atoms with van der Waals surface area (Å²) in [5.41, 5.74) is 5.49. The number of hydrogen-bond acceptors (Lipinski definition) is 5. The Hall–Kier alpha value is -0.690. The first-order valence-corrected chi connectivity index (χ1v) is 7.35. The molecular formula is C9H15BrN4OS. The fourth-order valence-electron chi connectivity index (χ4n) is 1.13. The van der Waals surface area contributed by atoms with Crippen LogP contribution in [-0.2, 0) is 10.8 Å². The van der Waals surface area contributed by atoms with Gasteiger partial charge in [-0.2, -0.15) is 4.98 Å². The summed E-state index contributed by atoms with van der Waals surface area (Å²) in [6, 6.07) is 0.189. The second-order valence-electron chi connectivity index (χ2n) is 3.54. The molecule has 90 valence electrons. The molecule has 3 N–H and O–H groups in total. The molecule has 2 atom stereocenters. The Morgan fingerprint density at radius 3 is 3.00 bits per heavy atom. The lowest BCUT2D eigenvalue weighted by atomic mass is 10.2. The summed E-state index contributed by atoms with van der Waals surface area (Å²) in [6.45, 7) is 2.01. The van der Waals surface area contributed by atoms with Gasteiger partial charge in [0.2, 0.25) is 5.95 Å². The van der Waals surface area contributed by atoms with Crippen molar-refractivity contribution in [2.24, 2.45) is 0 Å². The summed E-state index contributed by atoms with van der Waals surface area (Å²) in [7, 11) is -0.763. The standard InChI is InChI=1S/C9H15BrN4OS/c1-6(3-4-16(2)15)13-8-7(10)5-12-9(11)14-8/h5-6H,3-4H2,1-2H3,(H3,11,12,13,14). The molecule has 0 fully saturated rings. The van der Waals surface area contributed by atoms with Gasteiger partial charge in [0.25, 0.3) is 0 Å². The van der Waals surface area contributed by atoms with Gasteiger partial charge in [-0.3, -0.25) is 4.21 Å². The summed E-state index contributed by atoms with van der Waals surface area (Å²) in [4.78, 5) is 7.92. The second kappa shape index (κ2) is 6.15. The largest absolute Gasteiger partial charge is 0.368 e. The lowest BCUT2D eigenvalue weighted by Gasteiger charge is -2.14. The van der Waals surface area contributed by atoms with Crippen LogP contribution < -0.4 is 11.1 Å². The van der Waals surface area contributed by atoms with Crippen molar-refractivity contribution in [3.63, 3.8) is 0 Å². The molecule has 0 saturated heterocycles. The van der Waals surface area contributed by atoms with Gasteiger partial charge in [-0.15, -0.1) is 0 Å². The minimum atomic E-state index is -0.763. The Labute approximate surface area is 106 Å². The van der Waals surface area contributed by atoms with E-state index < -0.39 is 10.8 Å². The van der Waals surface area contributed by atoms with Crippen molar-refractivity contribution in [3.05, 3.63) is 10.7 Å². The summed E-state index contributed by atoms with van der Waals surface area (Å²) >= 11 is 3.34. The maximum Gasteiger partial charge on any atom is 0.221 e. The van der Waals surface area contributed by atoms with E-state index in [1.54, 1.807) is 12.5 Å². The summed E-state index contributed by atoms with van der Waals surface area (Å²) in [5, 5.41) is 3.19. The van der Waals surface area contributed by atoms with Crippen molar-refractivity contribution in [1.82, 2.24) is 9.97 Å². The number of anilines is 2. The molecule has 1 heterocycles. The molecule has 0 aliphatic rings. The second-order valence-corrected chi connectivity index (χ2v) is 5.95. The molecule has 0 bridgehead atoms. The molecule has 0 aliphatic carbocycles. The molecule has 5 nitrogen and oxygen atoms in total. The Morgan fingerprint density at radius 2 is 2.38 bits per heavy atom. The molecule has 0 radical (unpaired) electrons. The van der Waals surface area contributed by atoms with Crippen LogP contribution in [0.1, 0.15) is 13.3 Å². The zero-order valence-corrected chi connectivity index (χ0v) is 11.6. The number of rotatable bonds is 5. The maximum absolute atomic E-state index is 11.0. The van der Waals surface area contributed by atoms with Gasteiger partial charge in [-0.05, 0) is 29.3 Å². The summed E-state index contributed by atoms with van der Waals surface area (Å²) in [6.07, 6.45) is 4.13. The number of nitrogen functional groups attached to an aromatic ring is 1. The van der Waals surface area contributed by atoms with E-state index in [0.717, 1.165) is 10.9 Å². The maximum atomic E-state index is 11.0. The highest BCUT2D eigenvalue weighted by molar-refractivity contribution is 9.10. The predicted octanol–water partition coefficient (Wildman–Crippen LogP) is 1.39. The molecule has 0 spiro atoms. The van der Waals surface area contributed by atoms with Gasteiger partial charge < -0.3 is 11.1 Å². The van der Waals surface area contributed by atoms with Crippen molar-refractivity contribution >= 4 is 38.5 Å². The van der Waals surface area contributed by atoms with E-state index in [-0.39, 0.29) is 12.0 Å². The normalized spacial score (nSPS) is 14.4. The number of halogens is 1. The zero-order valence-electron chi connectivity index (χ0n) is 9.24. The van der Waals surface area contributed by atoms with Gasteiger partial charge in [0.15, 0.2) is 0 Å². The molecule has 16 heavy (non-hydrogen) atoms. The molecule has 0 aromatic carbocycles. The topological polar surface area (TPSA) is 80.9 Å². The highest BCUT2D eigenvalue weighted by atomic mass is 79.9. The minimum Gasteiger partial charge on any atom is -0.368 e. The van der Waals surface area contributed by atoms with Crippen LogP contribution in [0, 0.1) is 0 Å². The van der Waals surface area contributed by atoms with E-state index in [0.29, 0.717) is 11.6 Å². The van der Waals surface area contributed by atoms with Crippen LogP contribution in [0.3, 0.4) is 0 Å². The third-order valence-corrected chi connectivity index (χ3v) is 3.38. The quantitative estimate of drug-likeness (QED) is 0.859. The van der Waals surface area contributed by atoms with E-state index in [4.69, 9.17) is 5.73 Å². The fraction of sp³-hybridized carbons (Fsp3) is 0.556. The number of nitrogens with two attached hydrogens (primary N) is 1. The van der Waals surface area contributed by atoms with Crippen LogP contribution in [-0.4, -0.2) is 32.2 Å². The Kier molecular flexibility index (Phi) is 5.14. The van der Waals surface area contributed by atoms with Crippen LogP contribution in [0.5, 0.6) is 0 Å². The van der Waals surface area contributed by atoms with Crippen molar-refractivity contribution in [2.75, 3.05) is 23.1 Å². The first-order valence-electron chi connectivity index (χ1n) is 4.83. The summed E-state index contributed by atoms with van der Waals surface area (Å²) in [5.74, 6) is 1.57. The van der Waals surface area contributed by atoms with Crippen molar-refractivity contribution in [1.29, 1.82) is 0 Å². The van der Waals surface area contributed by atoms with E-state index in [2.05, 4.69) is 31.2 Å². The molecule has 7 heteroatoms. The first kappa shape index (κ1) is 13.4. The highest BCUT2D eigenvalue weighted by Gasteiger charge is 2.08. The predicted molar refractivity (Wildman–Crippen MR) is 70.8 cm³/mol. The van der Waals surface area contributed by atoms with E-state index >= 15 is 0 Å². The molecule has 2 unspecified atom stereocenters. The van der Waals surface area contributed by atoms with E-state index in [1.807, 2.05) is 6.92 Å². The first-order chi connectivity index (χ1) is 7.49. The van der Waals surface area contributed by atoms with Gasteiger partial charge in [0, 0.05) is 35.0 Å². The minimum absolute atomic E-state index is 0.189. The molecule has 1 rings (SSSR count). The molecule has 1 aromatic heterocycles. The van der Waals surface area contributed by atoms with Gasteiger partial charge in [-0.25, -0.2) is 4.98 Å². The lowest BCUT2D eigenvalue weighted by molar-refractivity contribution is 0.678. The van der Waals surface area contributed by atoms with Crippen LogP contribution in [0.25, 0.3) is 0 Å². The van der Waals surface area contributed by atoms with Crippen LogP contribution in [0.15, 0.2) is 10.7 Å². The zero-order chi connectivity index (χ0) is 12.1. The van der Waals surface area contributed by atoms with Crippen molar-refractivity contribution < 1.29 is 4.21 Å². The Balaban J connectivity index is 2.58. The van der Waals surface area contributed by atoms with E-state index in [9.17, 15) is 4.21 Å². The third kappa shape index (κ3) is 4.44. The van der Waals surface area contributed by atoms with Crippen molar-refractivity contribution in [2.45, 2.75) is 19.4 Å². The molecular weight excluding hydrogens is 292 g/mol. The summed E-state index contributed by atoms with van der Waals surface area (Å²) < 4.78 is 11.7. The Bertz CT molecular complexity index is 388. The average Bonchev–Trinajstić information content (AvgIpc) is 2.20. The molecule has 0 amide bonds. The van der Waals surface area contributed by atoms with Gasteiger partial charge in [0.05, 0.1) is 4.47 Å². The monoisotopic (exact) mass is 306 g/mol. The van der Waals surface area contributed by atoms with Crippen LogP contribution >= 0.6 is 15.9 Å². The van der Waals surface area contributed by atoms with Gasteiger partial charge in [0.1, 0.15) is 5.82 Å². The molecule has 1 aromatic rings. The van der Waals surface area contributed by atoms with Crippen LogP contribution in [0.2, 0.25) is 0 Å². The number of nitrogens with one attached hydrogen (secondary N) is 1. The highest BCUT2D eigenvalue weighted by Crippen LogP contribution is 2.20.